The van der Waals surface area contributed by atoms with E-state index in [-0.39, 0.29) is 25.8 Å². The molecule has 8 nitrogen and oxygen atoms in total. The van der Waals surface area contributed by atoms with Crippen molar-refractivity contribution < 1.29 is 28.4 Å². The molecule has 2 aromatic carbocycles. The van der Waals surface area contributed by atoms with Crippen molar-refractivity contribution in [2.45, 2.75) is 12.2 Å². The van der Waals surface area contributed by atoms with Crippen molar-refractivity contribution in [2.75, 3.05) is 40.0 Å². The maximum Gasteiger partial charge on any atom is 0.189 e. The van der Waals surface area contributed by atoms with Crippen LogP contribution in [0, 0.1) is 0 Å². The lowest BCUT2D eigenvalue weighted by Crippen LogP contribution is -2.07. The Kier molecular flexibility index (Phi) is 6.55. The van der Waals surface area contributed by atoms with Crippen molar-refractivity contribution in [3.63, 3.8) is 0 Å². The van der Waals surface area contributed by atoms with Gasteiger partial charge in [0, 0.05) is 23.5 Å². The lowest BCUT2D eigenvalue weighted by molar-refractivity contribution is 0.00810. The van der Waals surface area contributed by atoms with E-state index in [0.29, 0.717) is 19.0 Å². The molecule has 2 aliphatic heterocycles. The molecule has 0 amide bonds. The normalized spacial score (nSPS) is 18.9. The second-order valence-corrected chi connectivity index (χ2v) is 7.52. The fourth-order valence-corrected chi connectivity index (χ4v) is 2.98. The average molecular weight is 436 g/mol. The average Bonchev–Trinajstić information content (AvgIpc) is 3.76. The molecule has 3 aromatic rings. The van der Waals surface area contributed by atoms with Crippen LogP contribution in [-0.2, 0) is 18.9 Å². The van der Waals surface area contributed by atoms with E-state index in [1.54, 1.807) is 0 Å². The number of hydrogen-bond acceptors (Lipinski definition) is 8. The fourth-order valence-electron chi connectivity index (χ4n) is 2.98. The summed E-state index contributed by atoms with van der Waals surface area (Å²) in [5, 5.41) is 0. The van der Waals surface area contributed by atoms with Crippen LogP contribution < -0.4 is 9.47 Å². The van der Waals surface area contributed by atoms with Gasteiger partial charge >= 0.3 is 0 Å². The summed E-state index contributed by atoms with van der Waals surface area (Å²) in [6, 6.07) is 15.4. The van der Waals surface area contributed by atoms with Gasteiger partial charge in [-0.3, -0.25) is 0 Å². The smallest absolute Gasteiger partial charge is 0.189 e. The minimum Gasteiger partial charge on any atom is -0.468 e. The van der Waals surface area contributed by atoms with Gasteiger partial charge in [0.05, 0.1) is 26.4 Å². The molecule has 5 rings (SSSR count). The number of nitrogens with zero attached hydrogens (tertiary/aromatic N) is 2. The topological polar surface area (TPSA) is 87.8 Å². The van der Waals surface area contributed by atoms with E-state index in [1.807, 2.05) is 60.9 Å². The van der Waals surface area contributed by atoms with Crippen LogP contribution in [0.25, 0.3) is 22.5 Å². The van der Waals surface area contributed by atoms with Crippen LogP contribution in [0.5, 0.6) is 11.5 Å². The highest BCUT2D eigenvalue weighted by atomic mass is 16.7. The highest BCUT2D eigenvalue weighted by Crippen LogP contribution is 2.24. The quantitative estimate of drug-likeness (QED) is 0.243. The van der Waals surface area contributed by atoms with Crippen molar-refractivity contribution in [1.29, 1.82) is 0 Å². The predicted octanol–water partition coefficient (Wildman–Crippen LogP) is 3.31. The van der Waals surface area contributed by atoms with Crippen molar-refractivity contribution in [1.82, 2.24) is 9.97 Å². The van der Waals surface area contributed by atoms with E-state index in [9.17, 15) is 0 Å². The van der Waals surface area contributed by atoms with Crippen molar-refractivity contribution in [3.05, 3.63) is 60.9 Å². The molecule has 2 saturated heterocycles. The Bertz CT molecular complexity index is 904. The van der Waals surface area contributed by atoms with Crippen LogP contribution in [0.3, 0.4) is 0 Å². The van der Waals surface area contributed by atoms with Crippen LogP contribution in [0.1, 0.15) is 0 Å². The zero-order valence-electron chi connectivity index (χ0n) is 17.5. The molecule has 2 unspecified atom stereocenters. The van der Waals surface area contributed by atoms with Crippen LogP contribution in [-0.4, -0.2) is 62.2 Å². The molecule has 3 heterocycles. The van der Waals surface area contributed by atoms with Gasteiger partial charge in [0.15, 0.2) is 19.4 Å². The third-order valence-corrected chi connectivity index (χ3v) is 4.98. The van der Waals surface area contributed by atoms with E-state index in [2.05, 4.69) is 9.97 Å². The first-order valence-corrected chi connectivity index (χ1v) is 10.5. The van der Waals surface area contributed by atoms with E-state index in [4.69, 9.17) is 28.4 Å². The van der Waals surface area contributed by atoms with Crippen molar-refractivity contribution in [2.24, 2.45) is 0 Å². The zero-order chi connectivity index (χ0) is 21.6. The van der Waals surface area contributed by atoms with Gasteiger partial charge in [0.25, 0.3) is 0 Å². The van der Waals surface area contributed by atoms with Gasteiger partial charge in [-0.25, -0.2) is 9.97 Å². The van der Waals surface area contributed by atoms with E-state index >= 15 is 0 Å². The molecule has 166 valence electrons. The number of epoxide rings is 2. The lowest BCUT2D eigenvalue weighted by Gasteiger charge is -2.08. The largest absolute Gasteiger partial charge is 0.468 e. The Balaban J connectivity index is 1.12. The molecule has 1 aromatic heterocycles. The first-order chi connectivity index (χ1) is 15.8. The van der Waals surface area contributed by atoms with Crippen LogP contribution in [0.4, 0.5) is 0 Å². The van der Waals surface area contributed by atoms with Gasteiger partial charge in [-0.15, -0.1) is 0 Å². The van der Waals surface area contributed by atoms with Gasteiger partial charge in [-0.1, -0.05) is 12.1 Å². The summed E-state index contributed by atoms with van der Waals surface area (Å²) in [5.74, 6) is 2.13. The summed E-state index contributed by atoms with van der Waals surface area (Å²) < 4.78 is 32.1. The van der Waals surface area contributed by atoms with E-state index < -0.39 is 0 Å². The van der Waals surface area contributed by atoms with Gasteiger partial charge in [-0.05, 0) is 42.0 Å². The first kappa shape index (κ1) is 20.8. The zero-order valence-corrected chi connectivity index (χ0v) is 17.5. The van der Waals surface area contributed by atoms with E-state index in [1.165, 1.54) is 0 Å². The summed E-state index contributed by atoms with van der Waals surface area (Å²) in [6.07, 6.45) is 4.10. The third kappa shape index (κ3) is 6.02. The SMILES string of the molecule is c1cc(-c2cnc(-c3ccc(OCOCC4CO4)cc3)nc2)ccc1OCOCC1CO1. The van der Waals surface area contributed by atoms with Crippen molar-refractivity contribution >= 4 is 0 Å². The predicted molar refractivity (Wildman–Crippen MR) is 115 cm³/mol. The van der Waals surface area contributed by atoms with Crippen LogP contribution in [0.2, 0.25) is 0 Å². The van der Waals surface area contributed by atoms with Crippen LogP contribution >= 0.6 is 0 Å². The Morgan fingerprint density at radius 1 is 0.656 bits per heavy atom. The summed E-state index contributed by atoms with van der Waals surface area (Å²) in [5.41, 5.74) is 2.85. The molecule has 2 aliphatic rings. The Labute approximate surface area is 186 Å². The van der Waals surface area contributed by atoms with E-state index in [0.717, 1.165) is 41.4 Å². The lowest BCUT2D eigenvalue weighted by atomic mass is 10.1. The fraction of sp³-hybridized carbons (Fsp3) is 0.333. The minimum atomic E-state index is 0.205. The number of aromatic nitrogens is 2. The second kappa shape index (κ2) is 10.1. The standard InChI is InChI=1S/C24H24N2O6/c1-5-20(31-15-27-11-22-13-29-22)6-2-17(1)19-9-25-24(26-10-19)18-3-7-21(8-4-18)32-16-28-12-23-14-30-23/h1-10,22-23H,11-16H2. The Morgan fingerprint density at radius 2 is 1.12 bits per heavy atom. The Morgan fingerprint density at radius 3 is 1.59 bits per heavy atom. The second-order valence-electron chi connectivity index (χ2n) is 7.52. The highest BCUT2D eigenvalue weighted by Gasteiger charge is 2.22. The van der Waals surface area contributed by atoms with Gasteiger partial charge in [-0.2, -0.15) is 0 Å². The molecule has 2 fully saturated rings. The van der Waals surface area contributed by atoms with Crippen LogP contribution in [0.15, 0.2) is 60.9 Å². The molecule has 32 heavy (non-hydrogen) atoms. The maximum absolute atomic E-state index is 5.57. The first-order valence-electron chi connectivity index (χ1n) is 10.5. The monoisotopic (exact) mass is 436 g/mol. The molecular formula is C24H24N2O6. The molecule has 0 saturated carbocycles. The number of ether oxygens (including phenoxy) is 6. The van der Waals surface area contributed by atoms with Gasteiger partial charge < -0.3 is 28.4 Å². The summed E-state index contributed by atoms with van der Waals surface area (Å²) in [6.45, 7) is 3.11. The Hall–Kier alpha value is -3.04. The van der Waals surface area contributed by atoms with Gasteiger partial charge in [0.2, 0.25) is 0 Å². The number of rotatable bonds is 12. The number of hydrogen-bond donors (Lipinski definition) is 0. The molecule has 0 aliphatic carbocycles. The molecule has 0 radical (unpaired) electrons. The summed E-state index contributed by atoms with van der Waals surface area (Å²) >= 11 is 0. The molecule has 0 spiro atoms. The maximum atomic E-state index is 5.57. The molecule has 8 heteroatoms. The third-order valence-electron chi connectivity index (χ3n) is 4.98. The summed E-state index contributed by atoms with van der Waals surface area (Å²) in [4.78, 5) is 9.02. The minimum absolute atomic E-state index is 0.205. The molecule has 0 bridgehead atoms. The van der Waals surface area contributed by atoms with Gasteiger partial charge in [0.1, 0.15) is 23.7 Å². The number of benzene rings is 2. The van der Waals surface area contributed by atoms with Crippen molar-refractivity contribution in [3.8, 4) is 34.0 Å². The summed E-state index contributed by atoms with van der Waals surface area (Å²) in [7, 11) is 0. The molecule has 2 atom stereocenters. The molecule has 0 N–H and O–H groups in total. The highest BCUT2D eigenvalue weighted by molar-refractivity contribution is 5.64. The molecular weight excluding hydrogens is 412 g/mol.